The minimum atomic E-state index is -4.27. The fraction of sp³-hybridized carbons (Fsp3) is 0.519. The predicted molar refractivity (Wildman–Crippen MR) is 141 cm³/mol. The van der Waals surface area contributed by atoms with Crippen molar-refractivity contribution in [2.24, 2.45) is 5.92 Å². The predicted octanol–water partition coefficient (Wildman–Crippen LogP) is 6.34. The van der Waals surface area contributed by atoms with Crippen LogP contribution in [0.25, 0.3) is 0 Å². The molecule has 2 fully saturated rings. The molecule has 0 aliphatic carbocycles. The highest BCUT2D eigenvalue weighted by atomic mass is 35.5. The lowest BCUT2D eigenvalue weighted by Gasteiger charge is -2.36. The first kappa shape index (κ1) is 27.1. The fourth-order valence-electron chi connectivity index (χ4n) is 5.11. The smallest absolute Gasteiger partial charge is 0.369 e. The molecular weight excluding hydrogens is 507 g/mol. The van der Waals surface area contributed by atoms with Gasteiger partial charge >= 0.3 is 5.51 Å². The molecule has 0 spiro atoms. The largest absolute Gasteiger partial charge is 0.446 e. The number of amides is 1. The molecule has 1 atom stereocenters. The van der Waals surface area contributed by atoms with Crippen molar-refractivity contribution in [2.75, 3.05) is 50.7 Å². The molecule has 0 unspecified atom stereocenters. The van der Waals surface area contributed by atoms with Crippen LogP contribution in [0, 0.1) is 5.92 Å². The van der Waals surface area contributed by atoms with Crippen LogP contribution >= 0.6 is 23.4 Å². The Hall–Kier alpha value is -1.90. The summed E-state index contributed by atoms with van der Waals surface area (Å²) in [6, 6.07) is 14.6. The fourth-order valence-corrected chi connectivity index (χ4v) is 5.78. The average molecular weight is 540 g/mol. The highest BCUT2D eigenvalue weighted by molar-refractivity contribution is 8.00. The molecule has 2 aliphatic rings. The molecule has 0 N–H and O–H groups in total. The summed E-state index contributed by atoms with van der Waals surface area (Å²) >= 11 is 5.90. The van der Waals surface area contributed by atoms with Gasteiger partial charge in [-0.3, -0.25) is 9.69 Å². The van der Waals surface area contributed by atoms with Gasteiger partial charge in [-0.05, 0) is 91.9 Å². The van der Waals surface area contributed by atoms with Crippen LogP contribution in [0.3, 0.4) is 0 Å². The van der Waals surface area contributed by atoms with Crippen LogP contribution in [-0.4, -0.2) is 67.0 Å². The van der Waals surface area contributed by atoms with E-state index in [1.165, 1.54) is 17.8 Å². The summed E-state index contributed by atoms with van der Waals surface area (Å²) in [5, 5.41) is 0.750. The van der Waals surface area contributed by atoms with E-state index in [9.17, 15) is 18.0 Å². The van der Waals surface area contributed by atoms with Crippen molar-refractivity contribution in [1.29, 1.82) is 0 Å². The molecule has 2 aromatic carbocycles. The van der Waals surface area contributed by atoms with E-state index >= 15 is 0 Å². The van der Waals surface area contributed by atoms with Crippen molar-refractivity contribution in [3.8, 4) is 0 Å². The number of halogens is 4. The molecule has 9 heteroatoms. The minimum Gasteiger partial charge on any atom is -0.369 e. The standard InChI is InChI=1S/C27H33ClF3N3OS/c28-23-7-9-24(10-8-23)33-17-15-32(16-18-33)13-2-4-26(35)34-14-1-3-22(20-34)19-21-5-11-25(12-6-21)36-27(29,30)31/h5-12,22H,1-4,13-20H2/t22-/m1/s1. The van der Waals surface area contributed by atoms with Gasteiger partial charge in [0.2, 0.25) is 5.91 Å². The van der Waals surface area contributed by atoms with Crippen LogP contribution in [0.15, 0.2) is 53.4 Å². The maximum absolute atomic E-state index is 12.9. The minimum absolute atomic E-state index is 0.0861. The highest BCUT2D eigenvalue weighted by Crippen LogP contribution is 2.37. The van der Waals surface area contributed by atoms with Crippen molar-refractivity contribution in [3.63, 3.8) is 0 Å². The van der Waals surface area contributed by atoms with Crippen molar-refractivity contribution < 1.29 is 18.0 Å². The number of benzene rings is 2. The van der Waals surface area contributed by atoms with Gasteiger partial charge in [-0.1, -0.05) is 23.7 Å². The number of nitrogens with zero attached hydrogens (tertiary/aromatic N) is 3. The van der Waals surface area contributed by atoms with Crippen LogP contribution < -0.4 is 4.90 Å². The Kier molecular flexibility index (Phi) is 9.47. The monoisotopic (exact) mass is 539 g/mol. The van der Waals surface area contributed by atoms with Crippen LogP contribution in [-0.2, 0) is 11.2 Å². The molecule has 0 aromatic heterocycles. The zero-order valence-electron chi connectivity index (χ0n) is 20.4. The van der Waals surface area contributed by atoms with Gasteiger partial charge in [0.15, 0.2) is 0 Å². The lowest BCUT2D eigenvalue weighted by atomic mass is 9.91. The van der Waals surface area contributed by atoms with Gasteiger partial charge in [0.25, 0.3) is 0 Å². The van der Waals surface area contributed by atoms with Gasteiger partial charge in [0.1, 0.15) is 0 Å². The summed E-state index contributed by atoms with van der Waals surface area (Å²) in [5.74, 6) is 0.571. The second kappa shape index (κ2) is 12.6. The van der Waals surface area contributed by atoms with E-state index in [0.717, 1.165) is 82.1 Å². The topological polar surface area (TPSA) is 26.8 Å². The molecule has 0 saturated carbocycles. The number of likely N-dealkylation sites (tertiary alicyclic amines) is 1. The Bertz CT molecular complexity index is 979. The number of hydrogen-bond donors (Lipinski definition) is 0. The second-order valence-electron chi connectivity index (χ2n) is 9.65. The first-order valence-electron chi connectivity index (χ1n) is 12.6. The van der Waals surface area contributed by atoms with Crippen molar-refractivity contribution >= 4 is 35.0 Å². The SMILES string of the molecule is O=C(CCCN1CCN(c2ccc(Cl)cc2)CC1)N1CCC[C@H](Cc2ccc(SC(F)(F)F)cc2)C1. The number of rotatable bonds is 8. The molecule has 0 bridgehead atoms. The van der Waals surface area contributed by atoms with E-state index in [1.807, 2.05) is 17.0 Å². The van der Waals surface area contributed by atoms with Gasteiger partial charge in [-0.2, -0.15) is 13.2 Å². The van der Waals surface area contributed by atoms with Gasteiger partial charge in [0, 0.05) is 61.3 Å². The highest BCUT2D eigenvalue weighted by Gasteiger charge is 2.29. The Morgan fingerprint density at radius 2 is 1.67 bits per heavy atom. The molecule has 4 rings (SSSR count). The van der Waals surface area contributed by atoms with Crippen LogP contribution in [0.2, 0.25) is 5.02 Å². The summed E-state index contributed by atoms with van der Waals surface area (Å²) in [6.45, 7) is 6.39. The van der Waals surface area contributed by atoms with Gasteiger partial charge in [0.05, 0.1) is 0 Å². The molecule has 2 saturated heterocycles. The van der Waals surface area contributed by atoms with E-state index in [2.05, 4.69) is 21.9 Å². The lowest BCUT2D eigenvalue weighted by molar-refractivity contribution is -0.133. The first-order chi connectivity index (χ1) is 17.2. The Balaban J connectivity index is 1.16. The van der Waals surface area contributed by atoms with Crippen molar-refractivity contribution in [3.05, 3.63) is 59.1 Å². The van der Waals surface area contributed by atoms with Crippen molar-refractivity contribution in [2.45, 2.75) is 42.5 Å². The zero-order chi connectivity index (χ0) is 25.5. The summed E-state index contributed by atoms with van der Waals surface area (Å²) in [4.78, 5) is 19.9. The van der Waals surface area contributed by atoms with E-state index in [0.29, 0.717) is 12.3 Å². The number of piperidine rings is 1. The third kappa shape index (κ3) is 8.32. The number of hydrogen-bond acceptors (Lipinski definition) is 4. The molecular formula is C27H33ClF3N3OS. The molecule has 36 heavy (non-hydrogen) atoms. The van der Waals surface area contributed by atoms with E-state index < -0.39 is 5.51 Å². The third-order valence-electron chi connectivity index (χ3n) is 6.98. The molecule has 1 amide bonds. The Morgan fingerprint density at radius 3 is 2.33 bits per heavy atom. The molecule has 0 radical (unpaired) electrons. The number of thioether (sulfide) groups is 1. The van der Waals surface area contributed by atoms with E-state index in [1.54, 1.807) is 12.1 Å². The summed E-state index contributed by atoms with van der Waals surface area (Å²) in [6.07, 6.45) is 4.23. The third-order valence-corrected chi connectivity index (χ3v) is 7.97. The number of carbonyl (C=O) groups excluding carboxylic acids is 1. The zero-order valence-corrected chi connectivity index (χ0v) is 21.9. The molecule has 2 heterocycles. The van der Waals surface area contributed by atoms with Crippen LogP contribution in [0.5, 0.6) is 0 Å². The molecule has 2 aromatic rings. The quantitative estimate of drug-likeness (QED) is 0.366. The summed E-state index contributed by atoms with van der Waals surface area (Å²) in [5.41, 5.74) is -2.04. The second-order valence-corrected chi connectivity index (χ2v) is 11.2. The number of alkyl halides is 3. The van der Waals surface area contributed by atoms with Crippen LogP contribution in [0.4, 0.5) is 18.9 Å². The number of carbonyl (C=O) groups is 1. The van der Waals surface area contributed by atoms with E-state index in [4.69, 9.17) is 11.6 Å². The lowest BCUT2D eigenvalue weighted by Crippen LogP contribution is -2.47. The average Bonchev–Trinajstić information content (AvgIpc) is 2.85. The maximum Gasteiger partial charge on any atom is 0.446 e. The first-order valence-corrected chi connectivity index (χ1v) is 13.8. The summed E-state index contributed by atoms with van der Waals surface area (Å²) < 4.78 is 37.6. The van der Waals surface area contributed by atoms with Gasteiger partial charge in [-0.15, -0.1) is 0 Å². The number of piperazine rings is 1. The number of anilines is 1. The Morgan fingerprint density at radius 1 is 0.972 bits per heavy atom. The van der Waals surface area contributed by atoms with Gasteiger partial charge in [-0.25, -0.2) is 0 Å². The normalized spacial score (nSPS) is 19.5. The molecule has 196 valence electrons. The van der Waals surface area contributed by atoms with Crippen molar-refractivity contribution in [1.82, 2.24) is 9.80 Å². The Labute approximate surface area is 220 Å². The van der Waals surface area contributed by atoms with Gasteiger partial charge < -0.3 is 9.80 Å². The molecule has 4 nitrogen and oxygen atoms in total. The molecule has 2 aliphatic heterocycles. The van der Waals surface area contributed by atoms with Crippen LogP contribution in [0.1, 0.15) is 31.2 Å². The maximum atomic E-state index is 12.9. The summed E-state index contributed by atoms with van der Waals surface area (Å²) in [7, 11) is 0. The van der Waals surface area contributed by atoms with E-state index in [-0.39, 0.29) is 22.6 Å².